The van der Waals surface area contributed by atoms with E-state index in [1.807, 2.05) is 20.8 Å². The number of ether oxygens (including phenoxy) is 1. The summed E-state index contributed by atoms with van der Waals surface area (Å²) in [7, 11) is 0. The number of hydrogen-bond acceptors (Lipinski definition) is 4. The topological polar surface area (TPSA) is 78.9 Å². The molecular weight excluding hydrogens is 236 g/mol. The second-order valence-electron chi connectivity index (χ2n) is 5.46. The van der Waals surface area contributed by atoms with E-state index < -0.39 is 18.3 Å². The van der Waals surface area contributed by atoms with Crippen molar-refractivity contribution >= 4 is 12.0 Å². The first-order valence-electron chi connectivity index (χ1n) is 6.20. The Labute approximate surface area is 107 Å². The molecule has 0 aliphatic carbocycles. The second-order valence-corrected chi connectivity index (χ2v) is 5.46. The minimum Gasteiger partial charge on any atom is -0.444 e. The van der Waals surface area contributed by atoms with Gasteiger partial charge in [-0.15, -0.1) is 0 Å². The maximum absolute atomic E-state index is 11.5. The second kappa shape index (κ2) is 6.04. The zero-order valence-electron chi connectivity index (χ0n) is 11.2. The average molecular weight is 258 g/mol. The zero-order chi connectivity index (χ0) is 13.8. The molecular formula is C12H22N2O4. The van der Waals surface area contributed by atoms with Crippen molar-refractivity contribution < 1.29 is 19.4 Å². The number of rotatable bonds is 2. The van der Waals surface area contributed by atoms with Crippen molar-refractivity contribution in [1.82, 2.24) is 10.2 Å². The summed E-state index contributed by atoms with van der Waals surface area (Å²) in [4.78, 5) is 24.4. The van der Waals surface area contributed by atoms with Crippen LogP contribution >= 0.6 is 0 Å². The Morgan fingerprint density at radius 3 is 2.33 bits per heavy atom. The van der Waals surface area contributed by atoms with Crippen LogP contribution < -0.4 is 5.32 Å². The van der Waals surface area contributed by atoms with Crippen molar-refractivity contribution in [3.8, 4) is 0 Å². The largest absolute Gasteiger partial charge is 0.444 e. The molecule has 1 rings (SSSR count). The summed E-state index contributed by atoms with van der Waals surface area (Å²) >= 11 is 0. The van der Waals surface area contributed by atoms with E-state index in [1.54, 1.807) is 4.90 Å². The highest BCUT2D eigenvalue weighted by Gasteiger charge is 2.25. The van der Waals surface area contributed by atoms with Crippen molar-refractivity contribution in [2.24, 2.45) is 0 Å². The molecule has 0 unspecified atom stereocenters. The number of amides is 2. The number of carbonyl (C=O) groups excluding carboxylic acids is 2. The molecule has 1 heterocycles. The lowest BCUT2D eigenvalue weighted by molar-refractivity contribution is -0.135. The molecule has 0 spiro atoms. The quantitative estimate of drug-likeness (QED) is 0.755. The fourth-order valence-electron chi connectivity index (χ4n) is 1.85. The van der Waals surface area contributed by atoms with E-state index in [0.29, 0.717) is 25.9 Å². The van der Waals surface area contributed by atoms with Crippen LogP contribution in [0, 0.1) is 0 Å². The first-order chi connectivity index (χ1) is 8.31. The SMILES string of the molecule is CC(C)(C)OC(=O)NC1CCN(C(=O)CO)CC1. The van der Waals surface area contributed by atoms with Crippen LogP contribution in [-0.2, 0) is 9.53 Å². The van der Waals surface area contributed by atoms with Crippen LogP contribution in [0.25, 0.3) is 0 Å². The molecule has 0 aromatic heterocycles. The van der Waals surface area contributed by atoms with Crippen LogP contribution in [0.5, 0.6) is 0 Å². The summed E-state index contributed by atoms with van der Waals surface area (Å²) in [5.74, 6) is -0.259. The first kappa shape index (κ1) is 14.8. The van der Waals surface area contributed by atoms with Crippen molar-refractivity contribution in [3.63, 3.8) is 0 Å². The zero-order valence-corrected chi connectivity index (χ0v) is 11.2. The minimum atomic E-state index is -0.502. The van der Waals surface area contributed by atoms with Crippen LogP contribution in [0.3, 0.4) is 0 Å². The monoisotopic (exact) mass is 258 g/mol. The van der Waals surface area contributed by atoms with E-state index >= 15 is 0 Å². The summed E-state index contributed by atoms with van der Waals surface area (Å²) < 4.78 is 5.17. The highest BCUT2D eigenvalue weighted by atomic mass is 16.6. The van der Waals surface area contributed by atoms with Gasteiger partial charge >= 0.3 is 6.09 Å². The highest BCUT2D eigenvalue weighted by Crippen LogP contribution is 2.12. The van der Waals surface area contributed by atoms with Gasteiger partial charge in [-0.25, -0.2) is 4.79 Å². The van der Waals surface area contributed by atoms with Gasteiger partial charge in [0.25, 0.3) is 0 Å². The predicted molar refractivity (Wildman–Crippen MR) is 66.1 cm³/mol. The molecule has 1 aliphatic rings. The third-order valence-electron chi connectivity index (χ3n) is 2.70. The molecule has 0 aromatic rings. The number of hydrogen-bond donors (Lipinski definition) is 2. The molecule has 0 radical (unpaired) electrons. The Hall–Kier alpha value is -1.30. The number of aliphatic hydroxyl groups is 1. The molecule has 1 aliphatic heterocycles. The molecule has 0 aromatic carbocycles. The summed E-state index contributed by atoms with van der Waals surface area (Å²) in [5, 5.41) is 11.5. The van der Waals surface area contributed by atoms with Gasteiger partial charge in [0.2, 0.25) is 5.91 Å². The molecule has 0 bridgehead atoms. The molecule has 2 amide bonds. The molecule has 1 saturated heterocycles. The summed E-state index contributed by atoms with van der Waals surface area (Å²) in [6.45, 7) is 6.10. The standard InChI is InChI=1S/C12H22N2O4/c1-12(2,3)18-11(17)13-9-4-6-14(7-5-9)10(16)8-15/h9,15H,4-8H2,1-3H3,(H,13,17). The Morgan fingerprint density at radius 1 is 1.33 bits per heavy atom. The van der Waals surface area contributed by atoms with Crippen molar-refractivity contribution in [1.29, 1.82) is 0 Å². The van der Waals surface area contributed by atoms with E-state index in [2.05, 4.69) is 5.32 Å². The maximum atomic E-state index is 11.5. The van der Waals surface area contributed by atoms with Gasteiger partial charge < -0.3 is 20.1 Å². The number of carbonyl (C=O) groups is 2. The molecule has 0 atom stereocenters. The summed E-state index contributed by atoms with van der Waals surface area (Å²) in [5.41, 5.74) is -0.502. The van der Waals surface area contributed by atoms with Crippen molar-refractivity contribution in [2.75, 3.05) is 19.7 Å². The van der Waals surface area contributed by atoms with Gasteiger partial charge in [0.05, 0.1) is 0 Å². The van der Waals surface area contributed by atoms with Crippen molar-refractivity contribution in [2.45, 2.75) is 45.3 Å². The van der Waals surface area contributed by atoms with Crippen LogP contribution in [0.15, 0.2) is 0 Å². The summed E-state index contributed by atoms with van der Waals surface area (Å²) in [6.07, 6.45) is 0.949. The number of likely N-dealkylation sites (tertiary alicyclic amines) is 1. The lowest BCUT2D eigenvalue weighted by Crippen LogP contribution is -2.48. The molecule has 18 heavy (non-hydrogen) atoms. The number of piperidine rings is 1. The number of aliphatic hydroxyl groups excluding tert-OH is 1. The van der Waals surface area contributed by atoms with Crippen LogP contribution in [0.2, 0.25) is 0 Å². The maximum Gasteiger partial charge on any atom is 0.407 e. The Balaban J connectivity index is 2.31. The van der Waals surface area contributed by atoms with Gasteiger partial charge in [-0.3, -0.25) is 4.79 Å². The molecule has 104 valence electrons. The van der Waals surface area contributed by atoms with Gasteiger partial charge in [-0.05, 0) is 33.6 Å². The lowest BCUT2D eigenvalue weighted by atomic mass is 10.1. The van der Waals surface area contributed by atoms with Gasteiger partial charge in [-0.1, -0.05) is 0 Å². The normalized spacial score (nSPS) is 17.4. The smallest absolute Gasteiger partial charge is 0.407 e. The predicted octanol–water partition coefficient (Wildman–Crippen LogP) is 0.494. The molecule has 6 nitrogen and oxygen atoms in total. The van der Waals surface area contributed by atoms with Gasteiger partial charge in [0, 0.05) is 19.1 Å². The fraction of sp³-hybridized carbons (Fsp3) is 0.833. The third kappa shape index (κ3) is 4.91. The van der Waals surface area contributed by atoms with E-state index in [1.165, 1.54) is 0 Å². The number of alkyl carbamates (subject to hydrolysis) is 1. The Morgan fingerprint density at radius 2 is 1.89 bits per heavy atom. The van der Waals surface area contributed by atoms with Crippen LogP contribution in [0.1, 0.15) is 33.6 Å². The van der Waals surface area contributed by atoms with Crippen molar-refractivity contribution in [3.05, 3.63) is 0 Å². The Bertz CT molecular complexity index is 304. The molecule has 2 N–H and O–H groups in total. The molecule has 0 saturated carbocycles. The van der Waals surface area contributed by atoms with Gasteiger partial charge in [0.1, 0.15) is 12.2 Å². The Kier molecular flexibility index (Phi) is 4.95. The van der Waals surface area contributed by atoms with E-state index in [4.69, 9.17) is 9.84 Å². The molecule has 1 fully saturated rings. The first-order valence-corrected chi connectivity index (χ1v) is 6.20. The van der Waals surface area contributed by atoms with E-state index in [9.17, 15) is 9.59 Å². The van der Waals surface area contributed by atoms with E-state index in [0.717, 1.165) is 0 Å². The fourth-order valence-corrected chi connectivity index (χ4v) is 1.85. The van der Waals surface area contributed by atoms with Crippen LogP contribution in [-0.4, -0.2) is 53.3 Å². The van der Waals surface area contributed by atoms with Gasteiger partial charge in [0.15, 0.2) is 0 Å². The van der Waals surface area contributed by atoms with Crippen LogP contribution in [0.4, 0.5) is 4.79 Å². The average Bonchev–Trinajstić information content (AvgIpc) is 2.26. The van der Waals surface area contributed by atoms with Gasteiger partial charge in [-0.2, -0.15) is 0 Å². The number of nitrogens with zero attached hydrogens (tertiary/aromatic N) is 1. The minimum absolute atomic E-state index is 0.0302. The third-order valence-corrected chi connectivity index (χ3v) is 2.70. The highest BCUT2D eigenvalue weighted by molar-refractivity contribution is 5.77. The van der Waals surface area contributed by atoms with E-state index in [-0.39, 0.29) is 11.9 Å². The number of nitrogens with one attached hydrogen (secondary N) is 1. The summed E-state index contributed by atoms with van der Waals surface area (Å²) in [6, 6.07) is 0.0302. The molecule has 6 heteroatoms. The lowest BCUT2D eigenvalue weighted by Gasteiger charge is -2.32.